The smallest absolute Gasteiger partial charge is 0.0303 e. The van der Waals surface area contributed by atoms with E-state index in [-0.39, 0.29) is 0 Å². The van der Waals surface area contributed by atoms with E-state index in [0.29, 0.717) is 5.41 Å². The van der Waals surface area contributed by atoms with Crippen molar-refractivity contribution in [3.05, 3.63) is 0 Å². The van der Waals surface area contributed by atoms with Crippen LogP contribution in [0.1, 0.15) is 130 Å². The molecule has 0 aromatic rings. The van der Waals surface area contributed by atoms with Gasteiger partial charge in [0, 0.05) is 0 Å². The van der Waals surface area contributed by atoms with Crippen LogP contribution >= 0.6 is 0 Å². The maximum Gasteiger partial charge on any atom is -0.0303 e. The van der Waals surface area contributed by atoms with Gasteiger partial charge in [0.05, 0.1) is 0 Å². The molecule has 0 heterocycles. The van der Waals surface area contributed by atoms with E-state index >= 15 is 0 Å². The summed E-state index contributed by atoms with van der Waals surface area (Å²) in [5.41, 5.74) is 0.326. The fraction of sp³-hybridized carbons (Fsp3) is 1.00. The lowest BCUT2D eigenvalue weighted by Gasteiger charge is -2.52. The van der Waals surface area contributed by atoms with Crippen LogP contribution in [0.5, 0.6) is 0 Å². The molecule has 0 bridgehead atoms. The minimum absolute atomic E-state index is 0.326. The molecule has 11 atom stereocenters. The third kappa shape index (κ3) is 8.05. The summed E-state index contributed by atoms with van der Waals surface area (Å²) in [4.78, 5) is 0. The van der Waals surface area contributed by atoms with Crippen LogP contribution in [0.25, 0.3) is 0 Å². The quantitative estimate of drug-likeness (QED) is 0.247. The van der Waals surface area contributed by atoms with Crippen molar-refractivity contribution in [2.24, 2.45) is 76.4 Å². The summed E-state index contributed by atoms with van der Waals surface area (Å²) < 4.78 is 0. The SMILES string of the molecule is CCC(C)C(C)C(C(C)CC)C(C)C(C(C)CC)C(C(C)C(C)C(C)C(C)C)C(C)(C)C. The van der Waals surface area contributed by atoms with E-state index in [1.807, 2.05) is 0 Å². The highest BCUT2D eigenvalue weighted by Gasteiger charge is 2.46. The largest absolute Gasteiger partial charge is 0.0651 e. The van der Waals surface area contributed by atoms with Crippen LogP contribution in [0, 0.1) is 76.4 Å². The monoisotopic (exact) mass is 451 g/mol. The first-order valence-electron chi connectivity index (χ1n) is 14.6. The Hall–Kier alpha value is 0. The van der Waals surface area contributed by atoms with Crippen molar-refractivity contribution in [1.29, 1.82) is 0 Å². The zero-order valence-electron chi connectivity index (χ0n) is 25.5. The number of hydrogen-bond donors (Lipinski definition) is 0. The van der Waals surface area contributed by atoms with Crippen molar-refractivity contribution < 1.29 is 0 Å². The molecule has 194 valence electrons. The molecule has 32 heavy (non-hydrogen) atoms. The van der Waals surface area contributed by atoms with E-state index < -0.39 is 0 Å². The summed E-state index contributed by atoms with van der Waals surface area (Å²) in [5, 5.41) is 0. The molecule has 0 N–H and O–H groups in total. The standard InChI is InChI=1S/C32H66/c1-17-21(6)25(10)29(22(7)18-2)28(13)30(23(8)19-3)31(32(14,15)16)27(12)26(11)24(9)20(4)5/h20-31H,17-19H2,1-16H3. The highest BCUT2D eigenvalue weighted by atomic mass is 14.5. The molecule has 0 aliphatic carbocycles. The van der Waals surface area contributed by atoms with Crippen molar-refractivity contribution >= 4 is 0 Å². The second kappa shape index (κ2) is 13.8. The molecule has 0 saturated heterocycles. The van der Waals surface area contributed by atoms with Crippen molar-refractivity contribution in [1.82, 2.24) is 0 Å². The third-order valence-corrected chi connectivity index (χ3v) is 10.7. The molecule has 11 unspecified atom stereocenters. The fourth-order valence-corrected chi connectivity index (χ4v) is 7.40. The maximum absolute atomic E-state index is 2.66. The van der Waals surface area contributed by atoms with Gasteiger partial charge in [0.25, 0.3) is 0 Å². The molecule has 0 aliphatic rings. The van der Waals surface area contributed by atoms with Crippen LogP contribution in [0.3, 0.4) is 0 Å². The summed E-state index contributed by atoms with van der Waals surface area (Å²) >= 11 is 0. The molecule has 0 saturated carbocycles. The van der Waals surface area contributed by atoms with Gasteiger partial charge in [-0.2, -0.15) is 0 Å². The van der Waals surface area contributed by atoms with E-state index in [9.17, 15) is 0 Å². The first-order valence-corrected chi connectivity index (χ1v) is 14.6. The molecule has 0 aliphatic heterocycles. The zero-order valence-corrected chi connectivity index (χ0v) is 25.5. The molecule has 0 aromatic heterocycles. The second-order valence-corrected chi connectivity index (χ2v) is 13.7. The first kappa shape index (κ1) is 32.0. The van der Waals surface area contributed by atoms with Gasteiger partial charge in [-0.3, -0.25) is 0 Å². The predicted molar refractivity (Wildman–Crippen MR) is 149 cm³/mol. The van der Waals surface area contributed by atoms with Crippen molar-refractivity contribution in [3.8, 4) is 0 Å². The average molecular weight is 451 g/mol. The molecule has 0 radical (unpaired) electrons. The average Bonchev–Trinajstić information content (AvgIpc) is 2.73. The van der Waals surface area contributed by atoms with E-state index in [1.54, 1.807) is 0 Å². The number of rotatable bonds is 14. The summed E-state index contributed by atoms with van der Waals surface area (Å²) in [6.45, 7) is 40.2. The van der Waals surface area contributed by atoms with E-state index in [4.69, 9.17) is 0 Å². The zero-order chi connectivity index (χ0) is 25.5. The molecule has 0 amide bonds. The molecular formula is C32H66. The summed E-state index contributed by atoms with van der Waals surface area (Å²) in [6.07, 6.45) is 3.91. The lowest BCUT2D eigenvalue weighted by atomic mass is 9.53. The Bertz CT molecular complexity index is 483. The van der Waals surface area contributed by atoms with Crippen LogP contribution in [-0.2, 0) is 0 Å². The van der Waals surface area contributed by atoms with Crippen molar-refractivity contribution in [2.45, 2.75) is 130 Å². The normalized spacial score (nSPS) is 23.5. The van der Waals surface area contributed by atoms with Gasteiger partial charge in [-0.15, -0.1) is 0 Å². The Labute approximate surface area is 206 Å². The predicted octanol–water partition coefficient (Wildman–Crippen LogP) is 10.9. The molecule has 0 aromatic carbocycles. The van der Waals surface area contributed by atoms with Crippen LogP contribution in [0.4, 0.5) is 0 Å². The van der Waals surface area contributed by atoms with E-state index in [0.717, 1.165) is 71.0 Å². The van der Waals surface area contributed by atoms with Crippen LogP contribution in [0.15, 0.2) is 0 Å². The topological polar surface area (TPSA) is 0 Å². The summed E-state index contributed by atoms with van der Waals surface area (Å²) in [5.74, 6) is 9.29. The summed E-state index contributed by atoms with van der Waals surface area (Å²) in [7, 11) is 0. The second-order valence-electron chi connectivity index (χ2n) is 13.7. The summed E-state index contributed by atoms with van der Waals surface area (Å²) in [6, 6.07) is 0. The Kier molecular flexibility index (Phi) is 13.8. The molecule has 0 rings (SSSR count). The Morgan fingerprint density at radius 1 is 0.438 bits per heavy atom. The fourth-order valence-electron chi connectivity index (χ4n) is 7.40. The molecular weight excluding hydrogens is 384 g/mol. The van der Waals surface area contributed by atoms with E-state index in [2.05, 4.69) is 111 Å². The molecule has 0 heteroatoms. The molecule has 0 fully saturated rings. The van der Waals surface area contributed by atoms with Gasteiger partial charge in [0.15, 0.2) is 0 Å². The van der Waals surface area contributed by atoms with Gasteiger partial charge in [-0.1, -0.05) is 130 Å². The highest BCUT2D eigenvalue weighted by molar-refractivity contribution is 4.94. The first-order chi connectivity index (χ1) is 14.6. The van der Waals surface area contributed by atoms with Gasteiger partial charge >= 0.3 is 0 Å². The minimum atomic E-state index is 0.326. The highest BCUT2D eigenvalue weighted by Crippen LogP contribution is 2.52. The lowest BCUT2D eigenvalue weighted by molar-refractivity contribution is -0.0377. The van der Waals surface area contributed by atoms with Crippen LogP contribution in [0.2, 0.25) is 0 Å². The lowest BCUT2D eigenvalue weighted by Crippen LogP contribution is -2.46. The van der Waals surface area contributed by atoms with Crippen LogP contribution < -0.4 is 0 Å². The van der Waals surface area contributed by atoms with E-state index in [1.165, 1.54) is 19.3 Å². The van der Waals surface area contributed by atoms with Crippen LogP contribution in [-0.4, -0.2) is 0 Å². The Balaban J connectivity index is 6.53. The molecule has 0 spiro atoms. The van der Waals surface area contributed by atoms with Crippen molar-refractivity contribution in [3.63, 3.8) is 0 Å². The Morgan fingerprint density at radius 2 is 0.844 bits per heavy atom. The Morgan fingerprint density at radius 3 is 1.19 bits per heavy atom. The van der Waals surface area contributed by atoms with Gasteiger partial charge in [0.1, 0.15) is 0 Å². The number of hydrogen-bond acceptors (Lipinski definition) is 0. The van der Waals surface area contributed by atoms with Gasteiger partial charge < -0.3 is 0 Å². The minimum Gasteiger partial charge on any atom is -0.0651 e. The van der Waals surface area contributed by atoms with Gasteiger partial charge in [0.2, 0.25) is 0 Å². The van der Waals surface area contributed by atoms with Gasteiger partial charge in [-0.25, -0.2) is 0 Å². The molecule has 0 nitrogen and oxygen atoms in total. The maximum atomic E-state index is 2.66. The van der Waals surface area contributed by atoms with Crippen molar-refractivity contribution in [2.75, 3.05) is 0 Å². The van der Waals surface area contributed by atoms with Gasteiger partial charge in [-0.05, 0) is 76.4 Å². The third-order valence-electron chi connectivity index (χ3n) is 10.7.